The minimum atomic E-state index is -0.885. The van der Waals surface area contributed by atoms with Crippen molar-refractivity contribution in [3.05, 3.63) is 33.9 Å². The van der Waals surface area contributed by atoms with E-state index in [2.05, 4.69) is 16.0 Å². The van der Waals surface area contributed by atoms with E-state index in [1.54, 1.807) is 19.1 Å². The molecule has 0 aromatic heterocycles. The molecule has 0 radical (unpaired) electrons. The monoisotopic (exact) mass is 318 g/mol. The fourth-order valence-electron chi connectivity index (χ4n) is 3.50. The molecule has 8 nitrogen and oxygen atoms in total. The Labute approximate surface area is 132 Å². The van der Waals surface area contributed by atoms with Gasteiger partial charge < -0.3 is 10.6 Å². The van der Waals surface area contributed by atoms with Crippen molar-refractivity contribution in [3.8, 4) is 0 Å². The summed E-state index contributed by atoms with van der Waals surface area (Å²) in [4.78, 5) is 34.3. The van der Waals surface area contributed by atoms with Crippen LogP contribution in [0.1, 0.15) is 24.8 Å². The average molecular weight is 318 g/mol. The van der Waals surface area contributed by atoms with Crippen LogP contribution in [0.2, 0.25) is 0 Å². The zero-order valence-electron chi connectivity index (χ0n) is 12.7. The summed E-state index contributed by atoms with van der Waals surface area (Å²) in [6, 6.07) is 4.51. The summed E-state index contributed by atoms with van der Waals surface area (Å²) in [5, 5.41) is 19.3. The second kappa shape index (κ2) is 5.53. The molecule has 2 atom stereocenters. The number of carbonyl (C=O) groups is 2. The summed E-state index contributed by atoms with van der Waals surface area (Å²) in [6.07, 6.45) is 2.20. The number of hydrogen-bond donors (Lipinski definition) is 3. The van der Waals surface area contributed by atoms with E-state index in [1.807, 2.05) is 0 Å². The van der Waals surface area contributed by atoms with E-state index >= 15 is 0 Å². The maximum absolute atomic E-state index is 12.1. The van der Waals surface area contributed by atoms with Crippen LogP contribution in [-0.4, -0.2) is 28.9 Å². The molecular formula is C15H18N4O4. The van der Waals surface area contributed by atoms with Gasteiger partial charge >= 0.3 is 6.03 Å². The van der Waals surface area contributed by atoms with E-state index in [9.17, 15) is 19.7 Å². The number of nitro benzene ring substituents is 1. The predicted molar refractivity (Wildman–Crippen MR) is 83.1 cm³/mol. The zero-order chi connectivity index (χ0) is 16.6. The third-order valence-corrected chi connectivity index (χ3v) is 4.68. The van der Waals surface area contributed by atoms with Gasteiger partial charge in [0.25, 0.3) is 11.6 Å². The van der Waals surface area contributed by atoms with Crippen molar-refractivity contribution in [1.29, 1.82) is 0 Å². The van der Waals surface area contributed by atoms with Gasteiger partial charge in [-0.05, 0) is 31.4 Å². The minimum absolute atomic E-state index is 0.0111. The molecule has 3 rings (SSSR count). The number of aryl methyl sites for hydroxylation is 1. The molecule has 3 N–H and O–H groups in total. The van der Waals surface area contributed by atoms with Crippen LogP contribution in [0.3, 0.4) is 0 Å². The van der Waals surface area contributed by atoms with Crippen LogP contribution in [-0.2, 0) is 4.79 Å². The van der Waals surface area contributed by atoms with Gasteiger partial charge in [-0.1, -0.05) is 12.5 Å². The lowest BCUT2D eigenvalue weighted by Crippen LogP contribution is -2.51. The third kappa shape index (κ3) is 2.60. The Morgan fingerprint density at radius 3 is 2.87 bits per heavy atom. The van der Waals surface area contributed by atoms with Gasteiger partial charge in [0.05, 0.1) is 4.92 Å². The van der Waals surface area contributed by atoms with Crippen molar-refractivity contribution >= 4 is 23.3 Å². The Balaban J connectivity index is 1.77. The van der Waals surface area contributed by atoms with Crippen molar-refractivity contribution in [3.63, 3.8) is 0 Å². The number of nitro groups is 1. The zero-order valence-corrected chi connectivity index (χ0v) is 12.7. The van der Waals surface area contributed by atoms with Crippen LogP contribution in [0.5, 0.6) is 0 Å². The molecule has 2 fully saturated rings. The number of benzene rings is 1. The number of hydrogen-bond acceptors (Lipinski definition) is 5. The van der Waals surface area contributed by atoms with Gasteiger partial charge in [0.1, 0.15) is 11.2 Å². The number of carbonyl (C=O) groups excluding carboxylic acids is 2. The lowest BCUT2D eigenvalue weighted by Gasteiger charge is -2.28. The van der Waals surface area contributed by atoms with Gasteiger partial charge in [0.15, 0.2) is 0 Å². The van der Waals surface area contributed by atoms with Gasteiger partial charge in [-0.15, -0.1) is 0 Å². The number of nitrogens with zero attached hydrogens (tertiary/aromatic N) is 1. The summed E-state index contributed by atoms with van der Waals surface area (Å²) in [5.41, 5.74) is 0.357. The topological polar surface area (TPSA) is 113 Å². The number of rotatable bonds is 4. The van der Waals surface area contributed by atoms with E-state index in [0.717, 1.165) is 18.4 Å². The first-order valence-corrected chi connectivity index (χ1v) is 7.55. The van der Waals surface area contributed by atoms with Gasteiger partial charge in [-0.25, -0.2) is 4.79 Å². The van der Waals surface area contributed by atoms with E-state index < -0.39 is 16.5 Å². The quantitative estimate of drug-likeness (QED) is 0.444. The van der Waals surface area contributed by atoms with Crippen LogP contribution in [0, 0.1) is 23.0 Å². The fraction of sp³-hybridized carbons (Fsp3) is 0.467. The van der Waals surface area contributed by atoms with Gasteiger partial charge in [-0.2, -0.15) is 0 Å². The summed E-state index contributed by atoms with van der Waals surface area (Å²) in [6.45, 7) is 2.18. The molecule has 0 bridgehead atoms. The molecule has 1 spiro atoms. The van der Waals surface area contributed by atoms with Gasteiger partial charge in [0, 0.05) is 18.5 Å². The smallest absolute Gasteiger partial charge is 0.322 e. The highest BCUT2D eigenvalue weighted by molar-refractivity contribution is 6.07. The molecule has 23 heavy (non-hydrogen) atoms. The lowest BCUT2D eigenvalue weighted by molar-refractivity contribution is -0.384. The molecule has 3 amide bonds. The SMILES string of the molecule is Cc1ccc(NCC2CCCC23NC(=O)NC3=O)c([N+](=O)[O-])c1. The summed E-state index contributed by atoms with van der Waals surface area (Å²) >= 11 is 0. The molecule has 2 unspecified atom stereocenters. The van der Waals surface area contributed by atoms with Crippen molar-refractivity contribution in [1.82, 2.24) is 10.6 Å². The minimum Gasteiger partial charge on any atom is -0.379 e. The van der Waals surface area contributed by atoms with Crippen molar-refractivity contribution in [2.75, 3.05) is 11.9 Å². The molecule has 1 aromatic rings. The first kappa shape index (κ1) is 15.3. The maximum atomic E-state index is 12.1. The highest BCUT2D eigenvalue weighted by Gasteiger charge is 2.54. The number of amides is 3. The standard InChI is InChI=1S/C15H18N4O4/c1-9-4-5-11(12(7-9)19(22)23)16-8-10-3-2-6-15(10)13(20)17-14(21)18-15/h4-5,7,10,16H,2-3,6,8H2,1H3,(H2,17,18,20,21). The third-order valence-electron chi connectivity index (χ3n) is 4.68. The Bertz CT molecular complexity index is 690. The average Bonchev–Trinajstić information content (AvgIpc) is 3.01. The number of imide groups is 1. The van der Waals surface area contributed by atoms with Crippen molar-refractivity contribution in [2.24, 2.45) is 5.92 Å². The van der Waals surface area contributed by atoms with Crippen molar-refractivity contribution < 1.29 is 14.5 Å². The summed E-state index contributed by atoms with van der Waals surface area (Å²) in [5.74, 6) is -0.403. The van der Waals surface area contributed by atoms with Crippen LogP contribution in [0.15, 0.2) is 18.2 Å². The van der Waals surface area contributed by atoms with Gasteiger partial charge in [-0.3, -0.25) is 20.2 Å². The van der Waals surface area contributed by atoms with Crippen LogP contribution in [0.4, 0.5) is 16.2 Å². The normalized spacial score (nSPS) is 26.2. The number of anilines is 1. The Hall–Kier alpha value is -2.64. The van der Waals surface area contributed by atoms with E-state index in [-0.39, 0.29) is 17.5 Å². The van der Waals surface area contributed by atoms with Crippen molar-refractivity contribution in [2.45, 2.75) is 31.7 Å². The van der Waals surface area contributed by atoms with E-state index in [4.69, 9.17) is 0 Å². The Morgan fingerprint density at radius 2 is 2.22 bits per heavy atom. The molecule has 1 aliphatic carbocycles. The summed E-state index contributed by atoms with van der Waals surface area (Å²) < 4.78 is 0. The first-order chi connectivity index (χ1) is 10.9. The Kier molecular flexibility index (Phi) is 3.67. The highest BCUT2D eigenvalue weighted by atomic mass is 16.6. The molecule has 1 saturated heterocycles. The molecular weight excluding hydrogens is 300 g/mol. The highest BCUT2D eigenvalue weighted by Crippen LogP contribution is 2.38. The van der Waals surface area contributed by atoms with Crippen LogP contribution < -0.4 is 16.0 Å². The van der Waals surface area contributed by atoms with Crippen LogP contribution >= 0.6 is 0 Å². The molecule has 1 aliphatic heterocycles. The maximum Gasteiger partial charge on any atom is 0.322 e. The van der Waals surface area contributed by atoms with Gasteiger partial charge in [0.2, 0.25) is 0 Å². The second-order valence-corrected chi connectivity index (χ2v) is 6.13. The number of urea groups is 1. The molecule has 1 saturated carbocycles. The first-order valence-electron chi connectivity index (χ1n) is 7.55. The largest absolute Gasteiger partial charge is 0.379 e. The van der Waals surface area contributed by atoms with E-state index in [1.165, 1.54) is 6.07 Å². The lowest BCUT2D eigenvalue weighted by atomic mass is 9.87. The fourth-order valence-corrected chi connectivity index (χ4v) is 3.50. The molecule has 122 valence electrons. The number of nitrogens with one attached hydrogen (secondary N) is 3. The molecule has 8 heteroatoms. The van der Waals surface area contributed by atoms with Crippen LogP contribution in [0.25, 0.3) is 0 Å². The summed E-state index contributed by atoms with van der Waals surface area (Å²) in [7, 11) is 0. The van der Waals surface area contributed by atoms with E-state index in [0.29, 0.717) is 18.7 Å². The molecule has 1 aromatic carbocycles. The molecule has 1 heterocycles. The molecule has 2 aliphatic rings. The second-order valence-electron chi connectivity index (χ2n) is 6.13. The predicted octanol–water partition coefficient (Wildman–Crippen LogP) is 1.69. The Morgan fingerprint density at radius 1 is 1.43 bits per heavy atom.